The first-order valence-corrected chi connectivity index (χ1v) is 26.6. The fourth-order valence-corrected chi connectivity index (χ4v) is 10.1. The van der Waals surface area contributed by atoms with E-state index in [0.717, 1.165) is 23.6 Å². The molecule has 0 saturated heterocycles. The quantitative estimate of drug-likeness (QED) is 0.0180. The number of hydrogen-bond acceptors (Lipinski definition) is 11. The Balaban J connectivity index is 0.721. The van der Waals surface area contributed by atoms with Crippen molar-refractivity contribution in [1.29, 1.82) is 0 Å². The Morgan fingerprint density at radius 2 is 1.25 bits per heavy atom. The van der Waals surface area contributed by atoms with Crippen molar-refractivity contribution in [3.63, 3.8) is 0 Å². The molecule has 0 radical (unpaired) electrons. The van der Waals surface area contributed by atoms with Gasteiger partial charge in [-0.05, 0) is 127 Å². The molecule has 18 heteroatoms. The first kappa shape index (κ1) is 53.9. The molecule has 1 atom stereocenters. The molecule has 392 valence electrons. The molecule has 17 nitrogen and oxygen atoms in total. The number of hydrogen-bond donors (Lipinski definition) is 7. The van der Waals surface area contributed by atoms with Gasteiger partial charge in [-0.3, -0.25) is 23.7 Å². The summed E-state index contributed by atoms with van der Waals surface area (Å²) < 4.78 is 29.9. The molecule has 8 rings (SSSR count). The van der Waals surface area contributed by atoms with E-state index in [1.165, 1.54) is 60.7 Å². The van der Waals surface area contributed by atoms with Crippen LogP contribution in [-0.4, -0.2) is 82.3 Å². The number of nitrogens with one attached hydrogen (secondary N) is 3. The monoisotopic (exact) mass is 1050 g/mol. The van der Waals surface area contributed by atoms with E-state index >= 15 is 0 Å². The minimum Gasteiger partial charge on any atom is -0.508 e. The number of aromatic hydroxyl groups is 1. The second-order valence-electron chi connectivity index (χ2n) is 18.6. The van der Waals surface area contributed by atoms with Crippen molar-refractivity contribution in [2.45, 2.75) is 58.3 Å². The predicted molar refractivity (Wildman–Crippen MR) is 286 cm³/mol. The molecule has 2 aliphatic heterocycles. The topological polar surface area (TPSA) is 268 Å². The average Bonchev–Trinajstić information content (AvgIpc) is 3.40. The van der Waals surface area contributed by atoms with Crippen molar-refractivity contribution in [3.05, 3.63) is 169 Å². The van der Waals surface area contributed by atoms with Gasteiger partial charge < -0.3 is 49.8 Å². The number of phenols is 1. The lowest BCUT2D eigenvalue weighted by Crippen LogP contribution is -2.27. The molecule has 0 spiro atoms. The molecular weight excluding hydrogens is 994 g/mol. The van der Waals surface area contributed by atoms with E-state index in [-0.39, 0.29) is 63.8 Å². The highest BCUT2D eigenvalue weighted by Crippen LogP contribution is 2.43. The van der Waals surface area contributed by atoms with Gasteiger partial charge in [0.05, 0.1) is 17.7 Å². The fraction of sp³-hybridized carbons (Fsp3) is 0.241. The van der Waals surface area contributed by atoms with Crippen molar-refractivity contribution < 1.29 is 62.4 Å². The number of carbonyl (C=O) groups is 5. The Morgan fingerprint density at radius 3 is 1.92 bits per heavy atom. The van der Waals surface area contributed by atoms with Crippen LogP contribution in [0.3, 0.4) is 0 Å². The highest BCUT2D eigenvalue weighted by Gasteiger charge is 2.27. The standard InChI is InChI=1S/C58H56N3O14P/c1-34-11-17-42-48(27-34)74-49-28-35(2)12-18-43(49)53(42)46-29-36(13-19-40(46)57(67)68)55(65)60-24-8-4-3-7-23-59-52(64)33-76(71,72)73-26-10-6-5-9-25-61-56(66)37-14-20-41(58(69)70)47(30-37)54-44-21-15-38(62)31-50(44)75-51-32-39(63)16-22-45(51)54/h11-22,27-32,62H,1,3-10,23-26,33H2,2H3,(H,59,64)(H,60,65)(H,61,66)(H,67,68)(H,69,70)(H,71,72). The molecular formula is C58H56N3O14P. The minimum absolute atomic E-state index is 0.0407. The summed E-state index contributed by atoms with van der Waals surface area (Å²) in [6, 6.07) is 28.4. The number of carboxylic acid groups (broad SMARTS) is 2. The molecule has 1 aliphatic carbocycles. The molecule has 1 unspecified atom stereocenters. The van der Waals surface area contributed by atoms with Crippen LogP contribution in [0.25, 0.3) is 45.6 Å². The summed E-state index contributed by atoms with van der Waals surface area (Å²) in [6.07, 6.45) is 4.29. The number of ether oxygens (including phenoxy) is 1. The molecule has 76 heavy (non-hydrogen) atoms. The summed E-state index contributed by atoms with van der Waals surface area (Å²) in [5.41, 5.74) is 4.11. The Labute approximate surface area is 436 Å². The highest BCUT2D eigenvalue weighted by atomic mass is 31.2. The number of fused-ring (bicyclic) bond motifs is 4. The Bertz CT molecular complexity index is 3610. The van der Waals surface area contributed by atoms with Crippen molar-refractivity contribution >= 4 is 60.4 Å². The predicted octanol–water partition coefficient (Wildman–Crippen LogP) is 8.34. The fourth-order valence-electron chi connectivity index (χ4n) is 9.15. The number of unbranched alkanes of at least 4 members (excludes halogenated alkanes) is 6. The molecule has 7 N–H and O–H groups in total. The lowest BCUT2D eigenvalue weighted by molar-refractivity contribution is -0.118. The lowest BCUT2D eigenvalue weighted by Gasteiger charge is -2.23. The number of aromatic carboxylic acids is 2. The van der Waals surface area contributed by atoms with E-state index in [1.54, 1.807) is 18.2 Å². The Kier molecular flexibility index (Phi) is 16.9. The Hall–Kier alpha value is -8.37. The Morgan fingerprint density at radius 1 is 0.632 bits per heavy atom. The SMILES string of the molecule is C=c1ccc2c(c1)Oc1cc(C)ccc1C=2c1cc(C(=O)NCCCCCCNC(=O)CP(=O)(O)OCCCCCCNC(=O)c2ccc(C(=O)O)c(-c3c4ccc(=O)cc-4oc4cc(O)ccc34)c2)ccc1C(=O)O. The molecule has 3 aliphatic rings. The molecule has 0 bridgehead atoms. The van der Waals surface area contributed by atoms with Crippen LogP contribution in [0.4, 0.5) is 0 Å². The van der Waals surface area contributed by atoms with E-state index in [2.05, 4.69) is 22.5 Å². The van der Waals surface area contributed by atoms with E-state index in [4.69, 9.17) is 13.7 Å². The first-order chi connectivity index (χ1) is 36.5. The average molecular weight is 1050 g/mol. The molecule has 0 aromatic heterocycles. The number of benzene rings is 6. The summed E-state index contributed by atoms with van der Waals surface area (Å²) in [7, 11) is -4.20. The normalized spacial score (nSPS) is 12.5. The van der Waals surface area contributed by atoms with Crippen LogP contribution in [0.2, 0.25) is 0 Å². The van der Waals surface area contributed by atoms with Crippen LogP contribution in [0.15, 0.2) is 118 Å². The second kappa shape index (κ2) is 23.9. The first-order valence-electron chi connectivity index (χ1n) is 24.8. The molecule has 0 saturated carbocycles. The molecule has 3 amide bonds. The summed E-state index contributed by atoms with van der Waals surface area (Å²) in [4.78, 5) is 86.5. The zero-order valence-corrected chi connectivity index (χ0v) is 42.5. The number of rotatable bonds is 23. The van der Waals surface area contributed by atoms with Gasteiger partial charge in [0.2, 0.25) is 5.91 Å². The van der Waals surface area contributed by atoms with Crippen molar-refractivity contribution in [2.24, 2.45) is 0 Å². The summed E-state index contributed by atoms with van der Waals surface area (Å²) in [5.74, 6) is -2.58. The van der Waals surface area contributed by atoms with Crippen LogP contribution < -0.4 is 36.6 Å². The second-order valence-corrected chi connectivity index (χ2v) is 20.4. The number of carbonyl (C=O) groups excluding carboxylic acids is 3. The van der Waals surface area contributed by atoms with Gasteiger partial charge in [0.1, 0.15) is 34.8 Å². The van der Waals surface area contributed by atoms with Crippen LogP contribution in [-0.2, 0) is 13.9 Å². The third-order valence-electron chi connectivity index (χ3n) is 12.9. The van der Waals surface area contributed by atoms with Gasteiger partial charge in [-0.2, -0.15) is 0 Å². The van der Waals surface area contributed by atoms with Crippen LogP contribution >= 0.6 is 7.60 Å². The summed E-state index contributed by atoms with van der Waals surface area (Å²) in [6.45, 7) is 6.84. The number of carboxylic acids is 2. The molecule has 5 aromatic carbocycles. The maximum absolute atomic E-state index is 13.3. The zero-order chi connectivity index (χ0) is 54.1. The summed E-state index contributed by atoms with van der Waals surface area (Å²) in [5, 5.41) is 40.7. The summed E-state index contributed by atoms with van der Waals surface area (Å²) >= 11 is 0. The van der Waals surface area contributed by atoms with Crippen LogP contribution in [0.5, 0.6) is 17.2 Å². The minimum atomic E-state index is -4.20. The van der Waals surface area contributed by atoms with E-state index in [1.807, 2.05) is 37.3 Å². The van der Waals surface area contributed by atoms with E-state index < -0.39 is 37.5 Å². The molecule has 2 heterocycles. The lowest BCUT2D eigenvalue weighted by atomic mass is 9.88. The van der Waals surface area contributed by atoms with Crippen molar-refractivity contribution in [2.75, 3.05) is 32.4 Å². The number of aryl methyl sites for hydroxylation is 1. The zero-order valence-electron chi connectivity index (χ0n) is 41.6. The smallest absolute Gasteiger partial charge is 0.337 e. The van der Waals surface area contributed by atoms with E-state index in [0.29, 0.717) is 107 Å². The maximum atomic E-state index is 13.3. The van der Waals surface area contributed by atoms with Crippen molar-refractivity contribution in [3.8, 4) is 39.7 Å². The van der Waals surface area contributed by atoms with Crippen LogP contribution in [0.1, 0.15) is 109 Å². The van der Waals surface area contributed by atoms with Gasteiger partial charge in [0, 0.05) is 75.8 Å². The number of phenolic OH excluding ortho intramolecular Hbond substituents is 1. The third-order valence-corrected chi connectivity index (χ3v) is 14.2. The van der Waals surface area contributed by atoms with Crippen molar-refractivity contribution in [1.82, 2.24) is 16.0 Å². The van der Waals surface area contributed by atoms with E-state index in [9.17, 15) is 53.5 Å². The molecule has 5 aromatic rings. The van der Waals surface area contributed by atoms with Gasteiger partial charge in [0.15, 0.2) is 5.43 Å². The van der Waals surface area contributed by atoms with Gasteiger partial charge in [-0.25, -0.2) is 9.59 Å². The van der Waals surface area contributed by atoms with Crippen LogP contribution in [0, 0.1) is 6.92 Å². The molecule has 0 fully saturated rings. The van der Waals surface area contributed by atoms with Gasteiger partial charge in [-0.1, -0.05) is 56.5 Å². The third kappa shape index (κ3) is 12.9. The largest absolute Gasteiger partial charge is 0.508 e. The van der Waals surface area contributed by atoms with Gasteiger partial charge >= 0.3 is 19.5 Å². The highest BCUT2D eigenvalue weighted by molar-refractivity contribution is 7.53. The maximum Gasteiger partial charge on any atom is 0.337 e. The number of amides is 3. The van der Waals surface area contributed by atoms with Gasteiger partial charge in [-0.15, -0.1) is 0 Å². The van der Waals surface area contributed by atoms with Gasteiger partial charge in [0.25, 0.3) is 11.8 Å².